The molecule has 3 aromatic rings. The van der Waals surface area contributed by atoms with E-state index in [1.54, 1.807) is 30.2 Å². The number of nitrogens with zero attached hydrogens (tertiary/aromatic N) is 1. The number of halogens is 4. The second-order valence-corrected chi connectivity index (χ2v) is 10.6. The fourth-order valence-corrected chi connectivity index (χ4v) is 6.76. The van der Waals surface area contributed by atoms with E-state index in [9.17, 15) is 27.2 Å². The number of amides is 1. The predicted octanol–water partition coefficient (Wildman–Crippen LogP) is 6.76. The molecule has 0 bridgehead atoms. The van der Waals surface area contributed by atoms with Gasteiger partial charge in [-0.05, 0) is 47.9 Å². The van der Waals surface area contributed by atoms with Crippen molar-refractivity contribution in [3.63, 3.8) is 0 Å². The number of aromatic amines is 1. The zero-order valence-electron chi connectivity index (χ0n) is 20.7. The van der Waals surface area contributed by atoms with Crippen LogP contribution in [0, 0.1) is 17.2 Å². The van der Waals surface area contributed by atoms with Gasteiger partial charge in [-0.3, -0.25) is 9.59 Å². The lowest BCUT2D eigenvalue weighted by atomic mass is 9.59. The zero-order valence-corrected chi connectivity index (χ0v) is 20.7. The predicted molar refractivity (Wildman–Crippen MR) is 132 cm³/mol. The van der Waals surface area contributed by atoms with Gasteiger partial charge in [0.05, 0.1) is 0 Å². The molecule has 1 aliphatic carbocycles. The van der Waals surface area contributed by atoms with Crippen molar-refractivity contribution in [1.29, 1.82) is 0 Å². The number of hydrogen-bond donors (Lipinski definition) is 1. The molecule has 4 nitrogen and oxygen atoms in total. The first kappa shape index (κ1) is 25.5. The molecular formula is C29H30F4N2O2. The Balaban J connectivity index is 1.48. The van der Waals surface area contributed by atoms with Crippen molar-refractivity contribution in [3.05, 3.63) is 71.7 Å². The maximum Gasteiger partial charge on any atom is 0.450 e. The summed E-state index contributed by atoms with van der Waals surface area (Å²) in [6.07, 6.45) is -0.530. The van der Waals surface area contributed by atoms with Gasteiger partial charge in [0.15, 0.2) is 0 Å². The SMILES string of the molecule is CC12CCCCC1N(C(=O)CC(c1ccccc1)c1c[nH]c3cccc(F)c13)CCC2C(=O)C(F)(F)F. The van der Waals surface area contributed by atoms with Gasteiger partial charge < -0.3 is 9.88 Å². The Hall–Kier alpha value is -3.16. The summed E-state index contributed by atoms with van der Waals surface area (Å²) in [5, 5.41) is 0.432. The van der Waals surface area contributed by atoms with Crippen molar-refractivity contribution in [2.75, 3.05) is 6.54 Å². The minimum absolute atomic E-state index is 0.00516. The molecule has 8 heteroatoms. The molecule has 1 N–H and O–H groups in total. The number of H-pyrrole nitrogens is 1. The molecule has 1 aromatic heterocycles. The monoisotopic (exact) mass is 514 g/mol. The molecule has 2 heterocycles. The van der Waals surface area contributed by atoms with Crippen LogP contribution in [0.15, 0.2) is 54.7 Å². The first-order valence-electron chi connectivity index (χ1n) is 12.8. The van der Waals surface area contributed by atoms with E-state index in [1.165, 1.54) is 6.07 Å². The highest BCUT2D eigenvalue weighted by molar-refractivity contribution is 5.88. The van der Waals surface area contributed by atoms with Crippen molar-refractivity contribution >= 4 is 22.6 Å². The van der Waals surface area contributed by atoms with Gasteiger partial charge in [-0.2, -0.15) is 13.2 Å². The quantitative estimate of drug-likeness (QED) is 0.383. The molecule has 5 rings (SSSR count). The van der Waals surface area contributed by atoms with Crippen LogP contribution in [0.2, 0.25) is 0 Å². The fourth-order valence-electron chi connectivity index (χ4n) is 6.76. The third kappa shape index (κ3) is 4.55. The number of Topliss-reactive ketones (excluding diaryl/α,β-unsaturated/α-hetero) is 1. The van der Waals surface area contributed by atoms with E-state index in [1.807, 2.05) is 30.3 Å². The number of aromatic nitrogens is 1. The van der Waals surface area contributed by atoms with Crippen LogP contribution in [0.25, 0.3) is 10.9 Å². The molecule has 1 amide bonds. The maximum atomic E-state index is 14.9. The number of alkyl halides is 3. The number of carbonyl (C=O) groups excluding carboxylic acids is 2. The number of hydrogen-bond acceptors (Lipinski definition) is 2. The second-order valence-electron chi connectivity index (χ2n) is 10.6. The van der Waals surface area contributed by atoms with Crippen LogP contribution >= 0.6 is 0 Å². The Morgan fingerprint density at radius 1 is 1.08 bits per heavy atom. The summed E-state index contributed by atoms with van der Waals surface area (Å²) in [7, 11) is 0. The van der Waals surface area contributed by atoms with Crippen LogP contribution in [-0.2, 0) is 9.59 Å². The van der Waals surface area contributed by atoms with E-state index in [4.69, 9.17) is 0 Å². The molecule has 2 fully saturated rings. The van der Waals surface area contributed by atoms with Crippen LogP contribution in [-0.4, -0.2) is 40.3 Å². The van der Waals surface area contributed by atoms with Crippen LogP contribution in [0.1, 0.15) is 62.5 Å². The number of nitrogens with one attached hydrogen (secondary N) is 1. The fraction of sp³-hybridized carbons (Fsp3) is 0.448. The summed E-state index contributed by atoms with van der Waals surface area (Å²) in [6, 6.07) is 13.8. The van der Waals surface area contributed by atoms with Crippen LogP contribution in [0.3, 0.4) is 0 Å². The van der Waals surface area contributed by atoms with Crippen molar-refractivity contribution in [2.45, 2.75) is 63.6 Å². The van der Waals surface area contributed by atoms with Crippen LogP contribution in [0.5, 0.6) is 0 Å². The Labute approximate surface area is 213 Å². The van der Waals surface area contributed by atoms with Crippen molar-refractivity contribution in [2.24, 2.45) is 11.3 Å². The standard InChI is InChI=1S/C29H30F4N2O2/c1-28-14-6-5-12-24(28)35(15-13-21(28)27(37)29(31,32)33)25(36)16-19(18-8-3-2-4-9-18)20-17-34-23-11-7-10-22(30)26(20)23/h2-4,7-11,17,19,21,24,34H,5-6,12-16H2,1H3. The van der Waals surface area contributed by atoms with Gasteiger partial charge in [-0.1, -0.05) is 56.2 Å². The summed E-state index contributed by atoms with van der Waals surface area (Å²) in [5.41, 5.74) is 1.23. The number of piperidine rings is 1. The number of likely N-dealkylation sites (tertiary alicyclic amines) is 1. The van der Waals surface area contributed by atoms with E-state index in [-0.39, 0.29) is 31.1 Å². The van der Waals surface area contributed by atoms with E-state index in [0.29, 0.717) is 29.3 Å². The van der Waals surface area contributed by atoms with Crippen LogP contribution < -0.4 is 0 Å². The number of fused-ring (bicyclic) bond motifs is 2. The molecule has 4 unspecified atom stereocenters. The molecule has 4 atom stereocenters. The van der Waals surface area contributed by atoms with Crippen molar-refractivity contribution in [1.82, 2.24) is 9.88 Å². The summed E-state index contributed by atoms with van der Waals surface area (Å²) in [4.78, 5) is 31.1. The van der Waals surface area contributed by atoms with E-state index < -0.39 is 35.3 Å². The first-order valence-corrected chi connectivity index (χ1v) is 12.8. The molecule has 37 heavy (non-hydrogen) atoms. The first-order chi connectivity index (χ1) is 17.6. The minimum Gasteiger partial charge on any atom is -0.361 e. The molecule has 196 valence electrons. The Kier molecular flexibility index (Phi) is 6.62. The highest BCUT2D eigenvalue weighted by Crippen LogP contribution is 2.51. The van der Waals surface area contributed by atoms with E-state index >= 15 is 0 Å². The second kappa shape index (κ2) is 9.62. The highest BCUT2D eigenvalue weighted by Gasteiger charge is 2.57. The largest absolute Gasteiger partial charge is 0.450 e. The summed E-state index contributed by atoms with van der Waals surface area (Å²) < 4.78 is 55.2. The number of ketones is 1. The van der Waals surface area contributed by atoms with Gasteiger partial charge in [0.25, 0.3) is 0 Å². The maximum absolute atomic E-state index is 14.9. The third-order valence-electron chi connectivity index (χ3n) is 8.59. The van der Waals surface area contributed by atoms with E-state index in [2.05, 4.69) is 4.98 Å². The van der Waals surface area contributed by atoms with Crippen molar-refractivity contribution < 1.29 is 27.2 Å². The molecule has 1 saturated heterocycles. The average molecular weight is 515 g/mol. The lowest BCUT2D eigenvalue weighted by Gasteiger charge is -2.55. The lowest BCUT2D eigenvalue weighted by Crippen LogP contribution is -2.61. The smallest absolute Gasteiger partial charge is 0.361 e. The number of carbonyl (C=O) groups is 2. The summed E-state index contributed by atoms with van der Waals surface area (Å²) in [5.74, 6) is -3.83. The van der Waals surface area contributed by atoms with Crippen molar-refractivity contribution in [3.8, 4) is 0 Å². The molecular weight excluding hydrogens is 484 g/mol. The summed E-state index contributed by atoms with van der Waals surface area (Å²) >= 11 is 0. The lowest BCUT2D eigenvalue weighted by molar-refractivity contribution is -0.187. The Morgan fingerprint density at radius 2 is 1.84 bits per heavy atom. The molecule has 2 aromatic carbocycles. The Morgan fingerprint density at radius 3 is 2.57 bits per heavy atom. The van der Waals surface area contributed by atoms with Gasteiger partial charge in [-0.15, -0.1) is 0 Å². The van der Waals surface area contributed by atoms with E-state index in [0.717, 1.165) is 18.4 Å². The van der Waals surface area contributed by atoms with Gasteiger partial charge in [0.1, 0.15) is 5.82 Å². The molecule has 0 spiro atoms. The topological polar surface area (TPSA) is 53.2 Å². The van der Waals surface area contributed by atoms with Crippen LogP contribution in [0.4, 0.5) is 17.6 Å². The van der Waals surface area contributed by atoms with Gasteiger partial charge in [-0.25, -0.2) is 4.39 Å². The van der Waals surface area contributed by atoms with Gasteiger partial charge in [0, 0.05) is 47.9 Å². The highest BCUT2D eigenvalue weighted by atomic mass is 19.4. The molecule has 1 aliphatic heterocycles. The third-order valence-corrected chi connectivity index (χ3v) is 8.59. The number of benzene rings is 2. The summed E-state index contributed by atoms with van der Waals surface area (Å²) in [6.45, 7) is 1.85. The molecule has 0 radical (unpaired) electrons. The zero-order chi connectivity index (χ0) is 26.4. The number of rotatable bonds is 5. The molecule has 2 aliphatic rings. The average Bonchev–Trinajstić information content (AvgIpc) is 3.31. The van der Waals surface area contributed by atoms with Gasteiger partial charge >= 0.3 is 6.18 Å². The van der Waals surface area contributed by atoms with Gasteiger partial charge in [0.2, 0.25) is 11.7 Å². The normalized spacial score (nSPS) is 25.1. The molecule has 1 saturated carbocycles. The minimum atomic E-state index is -4.89. The Bertz CT molecular complexity index is 1300.